The Morgan fingerprint density at radius 1 is 1.06 bits per heavy atom. The molecule has 3 aromatic carbocycles. The number of aromatic nitrogens is 1. The van der Waals surface area contributed by atoms with Crippen LogP contribution in [-0.2, 0) is 6.54 Å². The number of aliphatic imine (C=N–C) groups is 1. The minimum absolute atomic E-state index is 0.0396. The number of aromatic amines is 1. The molecular weight excluding hydrogens is 428 g/mol. The van der Waals surface area contributed by atoms with Crippen molar-refractivity contribution in [1.29, 1.82) is 0 Å². The van der Waals surface area contributed by atoms with Crippen molar-refractivity contribution in [1.82, 2.24) is 9.88 Å². The van der Waals surface area contributed by atoms with Gasteiger partial charge in [-0.15, -0.1) is 0 Å². The number of likely N-dealkylation sites (tertiary alicyclic amines) is 1. The molecule has 0 saturated carbocycles. The van der Waals surface area contributed by atoms with Crippen molar-refractivity contribution in [2.45, 2.75) is 26.3 Å². The van der Waals surface area contributed by atoms with Crippen LogP contribution in [0.2, 0.25) is 0 Å². The highest BCUT2D eigenvalue weighted by Crippen LogP contribution is 2.33. The van der Waals surface area contributed by atoms with Crippen LogP contribution in [0.15, 0.2) is 71.7 Å². The zero-order chi connectivity index (χ0) is 23.7. The number of H-pyrrole nitrogens is 1. The van der Waals surface area contributed by atoms with Crippen molar-refractivity contribution in [3.8, 4) is 5.88 Å². The smallest absolute Gasteiger partial charge is 0.270 e. The normalized spacial score (nSPS) is 14.7. The largest absolute Gasteiger partial charge is 0.494 e. The number of nitro groups is 1. The molecule has 0 amide bonds. The molecule has 0 bridgehead atoms. The minimum Gasteiger partial charge on any atom is -0.494 e. The lowest BCUT2D eigenvalue weighted by molar-refractivity contribution is -0.384. The number of benzene rings is 3. The Morgan fingerprint density at radius 2 is 1.76 bits per heavy atom. The first-order valence-electron chi connectivity index (χ1n) is 11.4. The number of hydrogen-bond acceptors (Lipinski definition) is 5. The average molecular weight is 455 g/mol. The van der Waals surface area contributed by atoms with Crippen molar-refractivity contribution in [3.63, 3.8) is 0 Å². The molecule has 1 fully saturated rings. The number of aryl methyl sites for hydroxylation is 1. The van der Waals surface area contributed by atoms with Gasteiger partial charge in [0.2, 0.25) is 0 Å². The third kappa shape index (κ3) is 4.43. The van der Waals surface area contributed by atoms with Crippen LogP contribution < -0.4 is 0 Å². The third-order valence-corrected chi connectivity index (χ3v) is 6.32. The molecule has 1 aliphatic heterocycles. The van der Waals surface area contributed by atoms with E-state index in [1.807, 2.05) is 43.3 Å². The van der Waals surface area contributed by atoms with Gasteiger partial charge >= 0.3 is 0 Å². The van der Waals surface area contributed by atoms with Gasteiger partial charge in [0.25, 0.3) is 5.69 Å². The SMILES string of the molecule is Cc1ccc(C(=Nc2ccc(CN3CCCC3)cc2)c2c(O)[nH]c3ccc([N+](=O)[O-])cc23)cc1. The molecule has 2 heterocycles. The minimum atomic E-state index is -0.435. The maximum absolute atomic E-state index is 11.4. The number of rotatable bonds is 6. The zero-order valence-corrected chi connectivity index (χ0v) is 19.0. The van der Waals surface area contributed by atoms with Crippen LogP contribution in [-0.4, -0.2) is 38.7 Å². The number of non-ortho nitro benzene ring substituents is 1. The van der Waals surface area contributed by atoms with Gasteiger partial charge in [-0.2, -0.15) is 0 Å². The van der Waals surface area contributed by atoms with Crippen LogP contribution in [0.5, 0.6) is 5.88 Å². The van der Waals surface area contributed by atoms with Gasteiger partial charge in [-0.1, -0.05) is 42.0 Å². The number of aromatic hydroxyl groups is 1. The number of hydrogen-bond donors (Lipinski definition) is 2. The highest BCUT2D eigenvalue weighted by Gasteiger charge is 2.21. The Labute approximate surface area is 197 Å². The molecule has 0 radical (unpaired) electrons. The molecule has 7 nitrogen and oxygen atoms in total. The summed E-state index contributed by atoms with van der Waals surface area (Å²) in [6.07, 6.45) is 2.52. The van der Waals surface area contributed by atoms with Gasteiger partial charge in [-0.25, -0.2) is 4.99 Å². The second-order valence-electron chi connectivity index (χ2n) is 8.81. The van der Waals surface area contributed by atoms with Crippen molar-refractivity contribution < 1.29 is 10.0 Å². The molecule has 1 aromatic heterocycles. The van der Waals surface area contributed by atoms with Gasteiger partial charge < -0.3 is 10.1 Å². The van der Waals surface area contributed by atoms with E-state index in [4.69, 9.17) is 4.99 Å². The fraction of sp³-hybridized carbons (Fsp3) is 0.222. The van der Waals surface area contributed by atoms with E-state index in [1.54, 1.807) is 6.07 Å². The fourth-order valence-corrected chi connectivity index (χ4v) is 4.50. The van der Waals surface area contributed by atoms with E-state index in [2.05, 4.69) is 22.0 Å². The average Bonchev–Trinajstić information content (AvgIpc) is 3.45. The molecule has 0 unspecified atom stereocenters. The van der Waals surface area contributed by atoms with Crippen molar-refractivity contribution in [2.24, 2.45) is 4.99 Å². The number of nitrogens with one attached hydrogen (secondary N) is 1. The van der Waals surface area contributed by atoms with Crippen LogP contribution in [0.4, 0.5) is 11.4 Å². The molecule has 0 aliphatic carbocycles. The molecule has 1 saturated heterocycles. The molecule has 172 valence electrons. The van der Waals surface area contributed by atoms with Crippen molar-refractivity contribution in [2.75, 3.05) is 13.1 Å². The summed E-state index contributed by atoms with van der Waals surface area (Å²) < 4.78 is 0. The summed E-state index contributed by atoms with van der Waals surface area (Å²) in [5.41, 5.74) is 5.48. The third-order valence-electron chi connectivity index (χ3n) is 6.32. The lowest BCUT2D eigenvalue weighted by Crippen LogP contribution is -2.18. The Hall–Kier alpha value is -3.97. The maximum atomic E-state index is 11.4. The Morgan fingerprint density at radius 3 is 2.44 bits per heavy atom. The Balaban J connectivity index is 1.60. The Kier molecular flexibility index (Phi) is 5.86. The van der Waals surface area contributed by atoms with Gasteiger partial charge in [0.05, 0.1) is 21.9 Å². The molecular formula is C27H26N4O3. The Bertz CT molecular complexity index is 1370. The summed E-state index contributed by atoms with van der Waals surface area (Å²) in [4.78, 5) is 21.3. The highest BCUT2D eigenvalue weighted by atomic mass is 16.6. The summed E-state index contributed by atoms with van der Waals surface area (Å²) in [6, 6.07) is 20.5. The molecule has 34 heavy (non-hydrogen) atoms. The van der Waals surface area contributed by atoms with E-state index in [1.165, 1.54) is 30.5 Å². The van der Waals surface area contributed by atoms with E-state index in [0.717, 1.165) is 36.4 Å². The topological polar surface area (TPSA) is 94.8 Å². The lowest BCUT2D eigenvalue weighted by Gasteiger charge is -2.14. The first-order valence-corrected chi connectivity index (χ1v) is 11.4. The van der Waals surface area contributed by atoms with E-state index in [0.29, 0.717) is 22.2 Å². The lowest BCUT2D eigenvalue weighted by atomic mass is 9.99. The molecule has 5 rings (SSSR count). The van der Waals surface area contributed by atoms with E-state index in [9.17, 15) is 15.2 Å². The van der Waals surface area contributed by atoms with E-state index >= 15 is 0 Å². The first kappa shape index (κ1) is 21.9. The van der Waals surface area contributed by atoms with Crippen LogP contribution >= 0.6 is 0 Å². The van der Waals surface area contributed by atoms with Gasteiger partial charge in [0, 0.05) is 35.1 Å². The van der Waals surface area contributed by atoms with Gasteiger partial charge in [0.15, 0.2) is 5.88 Å². The molecule has 7 heteroatoms. The first-order chi connectivity index (χ1) is 16.5. The summed E-state index contributed by atoms with van der Waals surface area (Å²) in [5, 5.41) is 22.8. The van der Waals surface area contributed by atoms with E-state index in [-0.39, 0.29) is 11.6 Å². The molecule has 4 aromatic rings. The molecule has 1 aliphatic rings. The predicted molar refractivity (Wildman–Crippen MR) is 134 cm³/mol. The summed E-state index contributed by atoms with van der Waals surface area (Å²) >= 11 is 0. The summed E-state index contributed by atoms with van der Waals surface area (Å²) in [5.74, 6) is -0.0690. The second-order valence-corrected chi connectivity index (χ2v) is 8.81. The van der Waals surface area contributed by atoms with Gasteiger partial charge in [-0.05, 0) is 56.6 Å². The van der Waals surface area contributed by atoms with Crippen molar-refractivity contribution in [3.05, 3.63) is 99.1 Å². The quantitative estimate of drug-likeness (QED) is 0.217. The number of nitro benzene ring substituents is 1. The summed E-state index contributed by atoms with van der Waals surface area (Å²) in [7, 11) is 0. The van der Waals surface area contributed by atoms with Gasteiger partial charge in [0.1, 0.15) is 0 Å². The van der Waals surface area contributed by atoms with E-state index < -0.39 is 4.92 Å². The zero-order valence-electron chi connectivity index (χ0n) is 19.0. The monoisotopic (exact) mass is 454 g/mol. The van der Waals surface area contributed by atoms with Gasteiger partial charge in [-0.3, -0.25) is 15.0 Å². The van der Waals surface area contributed by atoms with Crippen LogP contribution in [0.1, 0.15) is 35.1 Å². The maximum Gasteiger partial charge on any atom is 0.270 e. The van der Waals surface area contributed by atoms with Crippen LogP contribution in [0.3, 0.4) is 0 Å². The van der Waals surface area contributed by atoms with Crippen LogP contribution in [0.25, 0.3) is 10.9 Å². The number of fused-ring (bicyclic) bond motifs is 1. The molecule has 0 spiro atoms. The summed E-state index contributed by atoms with van der Waals surface area (Å²) in [6.45, 7) is 5.22. The molecule has 0 atom stereocenters. The standard InChI is InChI=1S/C27H26N4O3/c1-18-4-8-20(9-5-18)26(25-23-16-22(31(33)34)12-13-24(23)29-27(25)32)28-21-10-6-19(7-11-21)17-30-14-2-3-15-30/h4-13,16,29,32H,2-3,14-15,17H2,1H3. The predicted octanol–water partition coefficient (Wildman–Crippen LogP) is 5.86. The second kappa shape index (κ2) is 9.11. The van der Waals surface area contributed by atoms with Crippen molar-refractivity contribution >= 4 is 28.0 Å². The fourth-order valence-electron chi connectivity index (χ4n) is 4.50. The van der Waals surface area contributed by atoms with Crippen LogP contribution in [0, 0.1) is 17.0 Å². The molecule has 2 N–H and O–H groups in total. The highest BCUT2D eigenvalue weighted by molar-refractivity contribution is 6.22. The number of nitrogens with zero attached hydrogens (tertiary/aromatic N) is 3.